The molecule has 1 fully saturated rings. The van der Waals surface area contributed by atoms with Crippen molar-refractivity contribution >= 4 is 21.7 Å². The van der Waals surface area contributed by atoms with Gasteiger partial charge in [-0.1, -0.05) is 0 Å². The lowest BCUT2D eigenvalue weighted by molar-refractivity contribution is 0.269. The minimum atomic E-state index is 0.576. The highest BCUT2D eigenvalue weighted by Gasteiger charge is 2.17. The van der Waals surface area contributed by atoms with Crippen LogP contribution in [0.15, 0.2) is 16.7 Å². The zero-order chi connectivity index (χ0) is 12.3. The molecule has 2 rings (SSSR count). The van der Waals surface area contributed by atoms with E-state index in [0.717, 1.165) is 16.8 Å². The fraction of sp³-hybridized carbons (Fsp3) is 0.615. The average Bonchev–Trinajstić information content (AvgIpc) is 2.84. The predicted molar refractivity (Wildman–Crippen MR) is 75.4 cm³/mol. The fourth-order valence-electron chi connectivity index (χ4n) is 2.22. The predicted octanol–water partition coefficient (Wildman–Crippen LogP) is 3.05. The van der Waals surface area contributed by atoms with E-state index in [1.165, 1.54) is 31.5 Å². The highest BCUT2D eigenvalue weighted by atomic mass is 79.9. The first-order valence-corrected chi connectivity index (χ1v) is 7.07. The van der Waals surface area contributed by atoms with E-state index in [9.17, 15) is 0 Å². The van der Waals surface area contributed by atoms with Crippen molar-refractivity contribution in [1.29, 1.82) is 0 Å². The molecule has 1 unspecified atom stereocenters. The largest absolute Gasteiger partial charge is 0.368 e. The van der Waals surface area contributed by atoms with Crippen molar-refractivity contribution in [2.24, 2.45) is 0 Å². The van der Waals surface area contributed by atoms with Crippen LogP contribution in [0, 0.1) is 6.92 Å². The van der Waals surface area contributed by atoms with Crippen LogP contribution in [0.3, 0.4) is 0 Å². The summed E-state index contributed by atoms with van der Waals surface area (Å²) in [6.45, 7) is 7.80. The van der Waals surface area contributed by atoms with E-state index in [2.05, 4.69) is 45.0 Å². The molecule has 94 valence electrons. The van der Waals surface area contributed by atoms with Crippen LogP contribution in [0.5, 0.6) is 0 Å². The molecule has 0 spiro atoms. The number of anilines is 1. The lowest BCUT2D eigenvalue weighted by atomic mass is 10.2. The number of rotatable bonds is 4. The van der Waals surface area contributed by atoms with Gasteiger partial charge >= 0.3 is 0 Å². The van der Waals surface area contributed by atoms with Gasteiger partial charge in [0.1, 0.15) is 5.82 Å². The molecule has 1 aliphatic heterocycles. The second kappa shape index (κ2) is 5.83. The first kappa shape index (κ1) is 12.8. The summed E-state index contributed by atoms with van der Waals surface area (Å²) in [6, 6.07) is 2.59. The SMILES string of the molecule is Cc1ccnc(NCC(C)N2CCCC2)c1Br. The molecule has 4 heteroatoms. The molecule has 0 saturated carbocycles. The summed E-state index contributed by atoms with van der Waals surface area (Å²) < 4.78 is 1.08. The topological polar surface area (TPSA) is 28.2 Å². The van der Waals surface area contributed by atoms with Crippen LogP contribution >= 0.6 is 15.9 Å². The van der Waals surface area contributed by atoms with E-state index in [0.29, 0.717) is 6.04 Å². The quantitative estimate of drug-likeness (QED) is 0.926. The Balaban J connectivity index is 1.90. The minimum absolute atomic E-state index is 0.576. The van der Waals surface area contributed by atoms with Gasteiger partial charge in [-0.15, -0.1) is 0 Å². The van der Waals surface area contributed by atoms with Crippen LogP contribution in [0.1, 0.15) is 25.3 Å². The maximum absolute atomic E-state index is 4.36. The number of pyridine rings is 1. The van der Waals surface area contributed by atoms with Crippen molar-refractivity contribution < 1.29 is 0 Å². The third kappa shape index (κ3) is 3.19. The van der Waals surface area contributed by atoms with Crippen LogP contribution in [-0.4, -0.2) is 35.6 Å². The van der Waals surface area contributed by atoms with Gasteiger partial charge in [-0.25, -0.2) is 4.98 Å². The molecule has 3 nitrogen and oxygen atoms in total. The number of halogens is 1. The van der Waals surface area contributed by atoms with E-state index in [-0.39, 0.29) is 0 Å². The third-order valence-electron chi connectivity index (χ3n) is 3.41. The second-order valence-electron chi connectivity index (χ2n) is 4.76. The molecule has 1 aromatic heterocycles. The Morgan fingerprint density at radius 3 is 2.88 bits per heavy atom. The fourth-order valence-corrected chi connectivity index (χ4v) is 2.59. The molecular weight excluding hydrogens is 278 g/mol. The summed E-state index contributed by atoms with van der Waals surface area (Å²) in [5, 5.41) is 3.43. The van der Waals surface area contributed by atoms with Gasteiger partial charge in [-0.3, -0.25) is 4.90 Å². The number of hydrogen-bond acceptors (Lipinski definition) is 3. The standard InChI is InChI=1S/C13H20BrN3/c1-10-5-6-15-13(12(10)14)16-9-11(2)17-7-3-4-8-17/h5-6,11H,3-4,7-9H2,1-2H3,(H,15,16). The summed E-state index contributed by atoms with van der Waals surface area (Å²) in [5.41, 5.74) is 1.22. The second-order valence-corrected chi connectivity index (χ2v) is 5.56. The van der Waals surface area contributed by atoms with E-state index in [4.69, 9.17) is 0 Å². The lowest BCUT2D eigenvalue weighted by Crippen LogP contribution is -2.35. The Labute approximate surface area is 112 Å². The summed E-state index contributed by atoms with van der Waals surface area (Å²) in [7, 11) is 0. The van der Waals surface area contributed by atoms with Gasteiger partial charge in [0.25, 0.3) is 0 Å². The van der Waals surface area contributed by atoms with Crippen LogP contribution in [0.25, 0.3) is 0 Å². The van der Waals surface area contributed by atoms with E-state index < -0.39 is 0 Å². The van der Waals surface area contributed by atoms with Gasteiger partial charge in [-0.05, 0) is 67.3 Å². The average molecular weight is 298 g/mol. The number of nitrogens with one attached hydrogen (secondary N) is 1. The van der Waals surface area contributed by atoms with Crippen molar-refractivity contribution in [2.75, 3.05) is 25.0 Å². The lowest BCUT2D eigenvalue weighted by Gasteiger charge is -2.24. The number of nitrogens with zero attached hydrogens (tertiary/aromatic N) is 2. The van der Waals surface area contributed by atoms with Gasteiger partial charge in [0, 0.05) is 18.8 Å². The van der Waals surface area contributed by atoms with Crippen LogP contribution in [-0.2, 0) is 0 Å². The van der Waals surface area contributed by atoms with E-state index in [1.807, 2.05) is 12.3 Å². The summed E-state index contributed by atoms with van der Waals surface area (Å²) in [6.07, 6.45) is 4.54. The number of aromatic nitrogens is 1. The van der Waals surface area contributed by atoms with Gasteiger partial charge in [0.2, 0.25) is 0 Å². The molecule has 0 amide bonds. The van der Waals surface area contributed by atoms with Gasteiger partial charge in [0.15, 0.2) is 0 Å². The molecule has 0 aromatic carbocycles. The van der Waals surface area contributed by atoms with Gasteiger partial charge in [0.05, 0.1) is 4.47 Å². The Morgan fingerprint density at radius 2 is 2.18 bits per heavy atom. The maximum Gasteiger partial charge on any atom is 0.140 e. The van der Waals surface area contributed by atoms with Crippen molar-refractivity contribution in [3.8, 4) is 0 Å². The Hall–Kier alpha value is -0.610. The summed E-state index contributed by atoms with van der Waals surface area (Å²) in [4.78, 5) is 6.90. The Bertz CT molecular complexity index is 375. The molecule has 1 N–H and O–H groups in total. The molecule has 1 saturated heterocycles. The molecular formula is C13H20BrN3. The zero-order valence-corrected chi connectivity index (χ0v) is 12.1. The summed E-state index contributed by atoms with van der Waals surface area (Å²) >= 11 is 3.58. The van der Waals surface area contributed by atoms with Gasteiger partial charge < -0.3 is 5.32 Å². The molecule has 17 heavy (non-hydrogen) atoms. The van der Waals surface area contributed by atoms with Gasteiger partial charge in [-0.2, -0.15) is 0 Å². The van der Waals surface area contributed by atoms with Crippen molar-refractivity contribution in [3.05, 3.63) is 22.3 Å². The van der Waals surface area contributed by atoms with Crippen molar-refractivity contribution in [1.82, 2.24) is 9.88 Å². The molecule has 0 radical (unpaired) electrons. The van der Waals surface area contributed by atoms with Crippen molar-refractivity contribution in [3.63, 3.8) is 0 Å². The maximum atomic E-state index is 4.36. The highest BCUT2D eigenvalue weighted by Crippen LogP contribution is 2.23. The molecule has 1 aromatic rings. The normalized spacial score (nSPS) is 18.3. The number of likely N-dealkylation sites (tertiary alicyclic amines) is 1. The van der Waals surface area contributed by atoms with Crippen molar-refractivity contribution in [2.45, 2.75) is 32.7 Å². The Morgan fingerprint density at radius 1 is 1.47 bits per heavy atom. The van der Waals surface area contributed by atoms with E-state index >= 15 is 0 Å². The molecule has 0 aliphatic carbocycles. The van der Waals surface area contributed by atoms with Crippen LogP contribution < -0.4 is 5.32 Å². The first-order valence-electron chi connectivity index (χ1n) is 6.27. The number of hydrogen-bond donors (Lipinski definition) is 1. The van der Waals surface area contributed by atoms with Crippen LogP contribution in [0.2, 0.25) is 0 Å². The minimum Gasteiger partial charge on any atom is -0.368 e. The summed E-state index contributed by atoms with van der Waals surface area (Å²) in [5.74, 6) is 0.955. The molecule has 1 aliphatic rings. The molecule has 1 atom stereocenters. The first-order chi connectivity index (χ1) is 8.18. The third-order valence-corrected chi connectivity index (χ3v) is 4.41. The zero-order valence-electron chi connectivity index (χ0n) is 10.5. The van der Waals surface area contributed by atoms with Crippen LogP contribution in [0.4, 0.5) is 5.82 Å². The smallest absolute Gasteiger partial charge is 0.140 e. The molecule has 2 heterocycles. The number of aryl methyl sites for hydroxylation is 1. The Kier molecular flexibility index (Phi) is 4.40. The van der Waals surface area contributed by atoms with E-state index in [1.54, 1.807) is 0 Å². The molecule has 0 bridgehead atoms. The highest BCUT2D eigenvalue weighted by molar-refractivity contribution is 9.10. The monoisotopic (exact) mass is 297 g/mol.